The fourth-order valence-electron chi connectivity index (χ4n) is 1.45. The minimum atomic E-state index is -3.62. The number of hydrogen-bond acceptors (Lipinski definition) is 3. The van der Waals surface area contributed by atoms with Crippen LogP contribution in [0.15, 0.2) is 18.2 Å². The van der Waals surface area contributed by atoms with Crippen molar-refractivity contribution in [2.24, 2.45) is 0 Å². The molecule has 0 saturated carbocycles. The maximum Gasteiger partial charge on any atom is 0.586 e. The number of benzene rings is 1. The first kappa shape index (κ1) is 14.1. The van der Waals surface area contributed by atoms with E-state index in [1.165, 1.54) is 6.07 Å². The fraction of sp³-hybridized carbons (Fsp3) is 0.538. The number of rotatable bonds is 2. The summed E-state index contributed by atoms with van der Waals surface area (Å²) in [5, 5.41) is -0.0301. The van der Waals surface area contributed by atoms with Gasteiger partial charge in [0.25, 0.3) is 8.32 Å². The Bertz CT molecular complexity index is 495. The molecular formula is C13H18F2O3Si. The van der Waals surface area contributed by atoms with Gasteiger partial charge in [-0.1, -0.05) is 26.8 Å². The second kappa shape index (κ2) is 4.09. The maximum atomic E-state index is 13.1. The highest BCUT2D eigenvalue weighted by Crippen LogP contribution is 2.49. The van der Waals surface area contributed by atoms with E-state index in [1.807, 2.05) is 13.1 Å². The average Bonchev–Trinajstić information content (AvgIpc) is 2.51. The van der Waals surface area contributed by atoms with E-state index in [4.69, 9.17) is 4.43 Å². The maximum absolute atomic E-state index is 13.1. The molecule has 6 heteroatoms. The molecule has 0 aliphatic carbocycles. The first-order valence-electron chi connectivity index (χ1n) is 6.10. The molecule has 0 fully saturated rings. The highest BCUT2D eigenvalue weighted by atomic mass is 28.4. The van der Waals surface area contributed by atoms with Gasteiger partial charge >= 0.3 is 6.29 Å². The lowest BCUT2D eigenvalue weighted by Crippen LogP contribution is -2.43. The molecule has 1 aromatic carbocycles. The Labute approximate surface area is 112 Å². The van der Waals surface area contributed by atoms with Gasteiger partial charge < -0.3 is 13.9 Å². The predicted octanol–water partition coefficient (Wildman–Crippen LogP) is 4.39. The van der Waals surface area contributed by atoms with Crippen LogP contribution in [-0.2, 0) is 0 Å². The molecule has 1 heterocycles. The second-order valence-corrected chi connectivity index (χ2v) is 10.8. The molecule has 0 bridgehead atoms. The van der Waals surface area contributed by atoms with Crippen LogP contribution in [0.5, 0.6) is 17.2 Å². The monoisotopic (exact) mass is 288 g/mol. The SMILES string of the molecule is CC(C)(C)[Si](C)(C)Oc1cccc2c1OC(F)(F)O2. The number of hydrogen-bond donors (Lipinski definition) is 0. The smallest absolute Gasteiger partial charge is 0.541 e. The predicted molar refractivity (Wildman–Crippen MR) is 70.5 cm³/mol. The van der Waals surface area contributed by atoms with Crippen molar-refractivity contribution in [3.63, 3.8) is 0 Å². The zero-order chi connectivity index (χ0) is 14.5. The van der Waals surface area contributed by atoms with Gasteiger partial charge in [-0.3, -0.25) is 0 Å². The van der Waals surface area contributed by atoms with Gasteiger partial charge in [0, 0.05) is 0 Å². The Balaban J connectivity index is 2.33. The lowest BCUT2D eigenvalue weighted by molar-refractivity contribution is -0.287. The van der Waals surface area contributed by atoms with Gasteiger partial charge in [0.1, 0.15) is 0 Å². The van der Waals surface area contributed by atoms with Crippen molar-refractivity contribution in [3.05, 3.63) is 18.2 Å². The molecular weight excluding hydrogens is 270 g/mol. The van der Waals surface area contributed by atoms with E-state index in [1.54, 1.807) is 12.1 Å². The van der Waals surface area contributed by atoms with E-state index in [9.17, 15) is 8.78 Å². The Morgan fingerprint density at radius 1 is 1.16 bits per heavy atom. The Morgan fingerprint density at radius 3 is 2.37 bits per heavy atom. The Kier molecular flexibility index (Phi) is 3.04. The van der Waals surface area contributed by atoms with Crippen LogP contribution < -0.4 is 13.9 Å². The van der Waals surface area contributed by atoms with Gasteiger partial charge in [0.05, 0.1) is 0 Å². The largest absolute Gasteiger partial charge is 0.586 e. The summed E-state index contributed by atoms with van der Waals surface area (Å²) in [6.45, 7) is 10.3. The number of ether oxygens (including phenoxy) is 2. The zero-order valence-corrected chi connectivity index (χ0v) is 12.7. The second-order valence-electron chi connectivity index (χ2n) is 6.11. The highest BCUT2D eigenvalue weighted by Gasteiger charge is 2.46. The molecule has 106 valence electrons. The molecule has 0 spiro atoms. The number of para-hydroxylation sites is 1. The molecule has 0 N–H and O–H groups in total. The summed E-state index contributed by atoms with van der Waals surface area (Å²) in [5.74, 6) is 0.319. The van der Waals surface area contributed by atoms with Gasteiger partial charge in [0.2, 0.25) is 5.75 Å². The van der Waals surface area contributed by atoms with Crippen LogP contribution >= 0.6 is 0 Å². The molecule has 1 aliphatic heterocycles. The highest BCUT2D eigenvalue weighted by molar-refractivity contribution is 6.74. The van der Waals surface area contributed by atoms with E-state index in [0.29, 0.717) is 5.75 Å². The van der Waals surface area contributed by atoms with Gasteiger partial charge in [-0.25, -0.2) is 0 Å². The standard InChI is InChI=1S/C13H18F2O3Si/c1-12(2,3)19(4,5)18-10-8-6-7-9-11(10)17-13(14,15)16-9/h6-8H,1-5H3. The molecule has 3 nitrogen and oxygen atoms in total. The molecule has 2 rings (SSSR count). The van der Waals surface area contributed by atoms with Gasteiger partial charge in [0.15, 0.2) is 11.5 Å². The van der Waals surface area contributed by atoms with Crippen molar-refractivity contribution in [1.29, 1.82) is 0 Å². The van der Waals surface area contributed by atoms with Crippen LogP contribution in [0.1, 0.15) is 20.8 Å². The summed E-state index contributed by atoms with van der Waals surface area (Å²) in [7, 11) is -2.12. The normalized spacial score (nSPS) is 17.4. The van der Waals surface area contributed by atoms with E-state index < -0.39 is 14.6 Å². The summed E-state index contributed by atoms with van der Waals surface area (Å²) in [5.41, 5.74) is 0. The van der Waals surface area contributed by atoms with Crippen molar-refractivity contribution in [1.82, 2.24) is 0 Å². The lowest BCUT2D eigenvalue weighted by atomic mass is 10.2. The molecule has 1 aliphatic rings. The minimum absolute atomic E-state index is 0.0150. The molecule has 0 aromatic heterocycles. The number of alkyl halides is 2. The summed E-state index contributed by atoms with van der Waals surface area (Å²) in [4.78, 5) is 0. The van der Waals surface area contributed by atoms with Crippen LogP contribution in [0.3, 0.4) is 0 Å². The van der Waals surface area contributed by atoms with Crippen LogP contribution in [0.2, 0.25) is 18.1 Å². The number of halogens is 2. The van der Waals surface area contributed by atoms with Crippen LogP contribution in [0.4, 0.5) is 8.78 Å². The summed E-state index contributed by atoms with van der Waals surface area (Å²) < 4.78 is 41.1. The summed E-state index contributed by atoms with van der Waals surface area (Å²) >= 11 is 0. The van der Waals surface area contributed by atoms with Crippen molar-refractivity contribution in [2.75, 3.05) is 0 Å². The Hall–Kier alpha value is -1.30. The van der Waals surface area contributed by atoms with Gasteiger partial charge in [-0.05, 0) is 30.3 Å². The minimum Gasteiger partial charge on any atom is -0.541 e. The molecule has 0 saturated heterocycles. The van der Waals surface area contributed by atoms with Crippen molar-refractivity contribution in [3.8, 4) is 17.2 Å². The van der Waals surface area contributed by atoms with E-state index in [2.05, 4.69) is 30.2 Å². The van der Waals surface area contributed by atoms with Gasteiger partial charge in [-0.2, -0.15) is 0 Å². The first-order chi connectivity index (χ1) is 8.52. The first-order valence-corrected chi connectivity index (χ1v) is 9.00. The van der Waals surface area contributed by atoms with E-state index in [0.717, 1.165) is 0 Å². The fourth-order valence-corrected chi connectivity index (χ4v) is 2.47. The molecule has 1 aromatic rings. The molecule has 19 heavy (non-hydrogen) atoms. The van der Waals surface area contributed by atoms with E-state index in [-0.39, 0.29) is 16.5 Å². The average molecular weight is 288 g/mol. The topological polar surface area (TPSA) is 27.7 Å². The molecule has 0 atom stereocenters. The third-order valence-corrected chi connectivity index (χ3v) is 7.91. The number of fused-ring (bicyclic) bond motifs is 1. The van der Waals surface area contributed by atoms with Crippen molar-refractivity contribution >= 4 is 8.32 Å². The van der Waals surface area contributed by atoms with Crippen molar-refractivity contribution < 1.29 is 22.7 Å². The molecule has 0 unspecified atom stereocenters. The Morgan fingerprint density at radius 2 is 1.79 bits per heavy atom. The van der Waals surface area contributed by atoms with Crippen LogP contribution in [0, 0.1) is 0 Å². The summed E-state index contributed by atoms with van der Waals surface area (Å²) in [6, 6.07) is 4.69. The quantitative estimate of drug-likeness (QED) is 0.755. The zero-order valence-electron chi connectivity index (χ0n) is 11.7. The van der Waals surface area contributed by atoms with E-state index >= 15 is 0 Å². The third-order valence-electron chi connectivity index (χ3n) is 3.56. The van der Waals surface area contributed by atoms with Crippen molar-refractivity contribution in [2.45, 2.75) is 45.2 Å². The van der Waals surface area contributed by atoms with Gasteiger partial charge in [-0.15, -0.1) is 8.78 Å². The lowest BCUT2D eigenvalue weighted by Gasteiger charge is -2.36. The molecule has 0 radical (unpaired) electrons. The van der Waals surface area contributed by atoms with Crippen LogP contribution in [0.25, 0.3) is 0 Å². The molecule has 0 amide bonds. The summed E-state index contributed by atoms with van der Waals surface area (Å²) in [6.07, 6.45) is -3.62. The third kappa shape index (κ3) is 2.68. The van der Waals surface area contributed by atoms with Crippen LogP contribution in [-0.4, -0.2) is 14.6 Å².